The fourth-order valence-corrected chi connectivity index (χ4v) is 1.15. The maximum absolute atomic E-state index is 11.6. The third kappa shape index (κ3) is 1.99. The Kier molecular flexibility index (Phi) is 3.01. The van der Waals surface area contributed by atoms with E-state index in [0.717, 1.165) is 0 Å². The zero-order chi connectivity index (χ0) is 10.7. The van der Waals surface area contributed by atoms with Crippen molar-refractivity contribution in [2.75, 3.05) is 0 Å². The standard InChI is InChI=1S/C9H10BNO3/c1-10(2)9(12)7-5-3-4-6-8(7)11(13)14/h3-6H,1-2H3. The minimum Gasteiger partial charge on any atom is -0.306 e. The van der Waals surface area contributed by atoms with Crippen molar-refractivity contribution >= 4 is 18.1 Å². The van der Waals surface area contributed by atoms with Gasteiger partial charge in [0.05, 0.1) is 10.5 Å². The van der Waals surface area contributed by atoms with E-state index in [0.29, 0.717) is 0 Å². The van der Waals surface area contributed by atoms with E-state index in [1.165, 1.54) is 12.1 Å². The van der Waals surface area contributed by atoms with E-state index < -0.39 is 4.92 Å². The highest BCUT2D eigenvalue weighted by Gasteiger charge is 2.22. The largest absolute Gasteiger partial charge is 0.306 e. The molecule has 0 aliphatic carbocycles. The van der Waals surface area contributed by atoms with Crippen LogP contribution in [0.15, 0.2) is 24.3 Å². The first kappa shape index (κ1) is 10.4. The Morgan fingerprint density at radius 1 is 1.36 bits per heavy atom. The minimum atomic E-state index is -0.532. The van der Waals surface area contributed by atoms with Crippen molar-refractivity contribution in [1.82, 2.24) is 0 Å². The van der Waals surface area contributed by atoms with E-state index in [4.69, 9.17) is 0 Å². The van der Waals surface area contributed by atoms with Gasteiger partial charge in [-0.05, 0) is 6.07 Å². The molecule has 5 heteroatoms. The average Bonchev–Trinajstić information content (AvgIpc) is 2.16. The van der Waals surface area contributed by atoms with Gasteiger partial charge < -0.3 is 4.79 Å². The van der Waals surface area contributed by atoms with Crippen LogP contribution in [0.2, 0.25) is 13.6 Å². The molecule has 0 heterocycles. The summed E-state index contributed by atoms with van der Waals surface area (Å²) in [5.74, 6) is 0. The molecule has 4 nitrogen and oxygen atoms in total. The van der Waals surface area contributed by atoms with Gasteiger partial charge in [0.25, 0.3) is 5.69 Å². The number of carbonyl (C=O) groups excluding carboxylic acids is 1. The van der Waals surface area contributed by atoms with Crippen molar-refractivity contribution in [1.29, 1.82) is 0 Å². The first-order valence-electron chi connectivity index (χ1n) is 4.31. The van der Waals surface area contributed by atoms with Crippen LogP contribution in [0.4, 0.5) is 5.69 Å². The third-order valence-electron chi connectivity index (χ3n) is 1.89. The van der Waals surface area contributed by atoms with Gasteiger partial charge in [-0.3, -0.25) is 10.1 Å². The van der Waals surface area contributed by atoms with E-state index in [2.05, 4.69) is 0 Å². The van der Waals surface area contributed by atoms with Gasteiger partial charge in [0.15, 0.2) is 0 Å². The number of hydrogen-bond acceptors (Lipinski definition) is 3. The third-order valence-corrected chi connectivity index (χ3v) is 1.89. The molecule has 0 radical (unpaired) electrons. The van der Waals surface area contributed by atoms with Crippen LogP contribution in [-0.2, 0) is 0 Å². The van der Waals surface area contributed by atoms with Crippen molar-refractivity contribution in [3.05, 3.63) is 39.9 Å². The SMILES string of the molecule is CB(C)C(=O)c1ccccc1[N+](=O)[O-]. The maximum atomic E-state index is 11.6. The van der Waals surface area contributed by atoms with Crippen LogP contribution in [0.5, 0.6) is 0 Å². The maximum Gasteiger partial charge on any atom is 0.279 e. The molecule has 0 N–H and O–H groups in total. The van der Waals surface area contributed by atoms with Gasteiger partial charge in [0.1, 0.15) is 5.68 Å². The molecule has 0 saturated heterocycles. The molecule has 14 heavy (non-hydrogen) atoms. The molecule has 1 aromatic rings. The second kappa shape index (κ2) is 4.04. The summed E-state index contributed by atoms with van der Waals surface area (Å²) in [7, 11) is 0. The topological polar surface area (TPSA) is 60.2 Å². The van der Waals surface area contributed by atoms with Crippen molar-refractivity contribution in [2.24, 2.45) is 0 Å². The fraction of sp³-hybridized carbons (Fsp3) is 0.222. The Hall–Kier alpha value is -1.65. The molecule has 0 unspecified atom stereocenters. The van der Waals surface area contributed by atoms with Gasteiger partial charge in [-0.15, -0.1) is 0 Å². The molecule has 0 atom stereocenters. The van der Waals surface area contributed by atoms with Crippen LogP contribution in [0.3, 0.4) is 0 Å². The fourth-order valence-electron chi connectivity index (χ4n) is 1.15. The Balaban J connectivity index is 3.20. The predicted octanol–water partition coefficient (Wildman–Crippen LogP) is 2.07. The van der Waals surface area contributed by atoms with Crippen molar-refractivity contribution < 1.29 is 9.72 Å². The Morgan fingerprint density at radius 3 is 2.43 bits per heavy atom. The highest BCUT2D eigenvalue weighted by molar-refractivity contribution is 6.91. The summed E-state index contributed by atoms with van der Waals surface area (Å²) in [4.78, 5) is 21.6. The van der Waals surface area contributed by atoms with Gasteiger partial charge in [-0.2, -0.15) is 0 Å². The highest BCUT2D eigenvalue weighted by atomic mass is 16.6. The van der Waals surface area contributed by atoms with Crippen LogP contribution < -0.4 is 0 Å². The summed E-state index contributed by atoms with van der Waals surface area (Å²) >= 11 is 0. The number of nitrogens with zero attached hydrogens (tertiary/aromatic N) is 1. The van der Waals surface area contributed by atoms with E-state index in [-0.39, 0.29) is 23.6 Å². The first-order valence-corrected chi connectivity index (χ1v) is 4.31. The summed E-state index contributed by atoms with van der Waals surface area (Å²) in [6.45, 7) is 3.22. The summed E-state index contributed by atoms with van der Waals surface area (Å²) in [5, 5.41) is 10.6. The molecule has 1 aromatic carbocycles. The smallest absolute Gasteiger partial charge is 0.279 e. The van der Waals surface area contributed by atoms with Crippen molar-refractivity contribution in [3.8, 4) is 0 Å². The number of hydrogen-bond donors (Lipinski definition) is 0. The molecule has 0 fully saturated rings. The molecule has 0 saturated carbocycles. The molecule has 0 aliphatic rings. The zero-order valence-electron chi connectivity index (χ0n) is 8.06. The first-order chi connectivity index (χ1) is 6.54. The summed E-state index contributed by atoms with van der Waals surface area (Å²) in [6, 6.07) is 6.01. The minimum absolute atomic E-state index is 0.119. The second-order valence-electron chi connectivity index (χ2n) is 3.29. The lowest BCUT2D eigenvalue weighted by molar-refractivity contribution is -0.385. The average molecular weight is 191 g/mol. The van der Waals surface area contributed by atoms with Gasteiger partial charge in [-0.25, -0.2) is 0 Å². The molecule has 0 spiro atoms. The highest BCUT2D eigenvalue weighted by Crippen LogP contribution is 2.18. The molecule has 0 aromatic heterocycles. The normalized spacial score (nSPS) is 9.57. The summed E-state index contributed by atoms with van der Waals surface area (Å²) < 4.78 is 0. The molecule has 1 rings (SSSR count). The summed E-state index contributed by atoms with van der Waals surface area (Å²) in [6.07, 6.45) is 0. The van der Waals surface area contributed by atoms with Gasteiger partial charge in [-0.1, -0.05) is 25.8 Å². The van der Waals surface area contributed by atoms with E-state index in [1.54, 1.807) is 25.8 Å². The Bertz CT molecular complexity index is 376. The van der Waals surface area contributed by atoms with Crippen LogP contribution in [-0.4, -0.2) is 17.3 Å². The number of nitro groups is 1. The molecular formula is C9H10BNO3. The number of carbonyl (C=O) groups is 1. The second-order valence-corrected chi connectivity index (χ2v) is 3.29. The molecular weight excluding hydrogens is 181 g/mol. The molecule has 72 valence electrons. The lowest BCUT2D eigenvalue weighted by atomic mass is 9.49. The quantitative estimate of drug-likeness (QED) is 0.417. The van der Waals surface area contributed by atoms with Crippen molar-refractivity contribution in [3.63, 3.8) is 0 Å². The van der Waals surface area contributed by atoms with E-state index in [9.17, 15) is 14.9 Å². The van der Waals surface area contributed by atoms with Gasteiger partial charge >= 0.3 is 0 Å². The molecule has 0 aliphatic heterocycles. The molecule has 0 bridgehead atoms. The Labute approximate surface area is 82.2 Å². The number of nitro benzene ring substituents is 1. The van der Waals surface area contributed by atoms with Crippen LogP contribution >= 0.6 is 0 Å². The van der Waals surface area contributed by atoms with Crippen LogP contribution in [0.1, 0.15) is 10.4 Å². The zero-order valence-corrected chi connectivity index (χ0v) is 8.06. The molecule has 0 amide bonds. The van der Waals surface area contributed by atoms with E-state index >= 15 is 0 Å². The number of benzene rings is 1. The monoisotopic (exact) mass is 191 g/mol. The Morgan fingerprint density at radius 2 is 1.93 bits per heavy atom. The number of rotatable bonds is 3. The lowest BCUT2D eigenvalue weighted by Crippen LogP contribution is -2.18. The lowest BCUT2D eigenvalue weighted by Gasteiger charge is -2.02. The van der Waals surface area contributed by atoms with Crippen molar-refractivity contribution in [2.45, 2.75) is 13.6 Å². The van der Waals surface area contributed by atoms with Gasteiger partial charge in [0.2, 0.25) is 6.71 Å². The van der Waals surface area contributed by atoms with E-state index in [1.807, 2.05) is 0 Å². The van der Waals surface area contributed by atoms with Crippen LogP contribution in [0.25, 0.3) is 0 Å². The van der Waals surface area contributed by atoms with Crippen LogP contribution in [0, 0.1) is 10.1 Å². The predicted molar refractivity (Wildman–Crippen MR) is 54.9 cm³/mol. The number of para-hydroxylation sites is 1. The van der Waals surface area contributed by atoms with Gasteiger partial charge in [0, 0.05) is 6.07 Å². The summed E-state index contributed by atoms with van der Waals surface area (Å²) in [5.41, 5.74) is -0.129.